The average molecular weight is 293 g/mol. The lowest BCUT2D eigenvalue weighted by molar-refractivity contribution is -0.237. The van der Waals surface area contributed by atoms with Crippen LogP contribution in [0.15, 0.2) is 4.52 Å². The molecule has 0 aromatic carbocycles. The van der Waals surface area contributed by atoms with E-state index in [0.717, 1.165) is 0 Å². The number of rotatable bonds is 2. The van der Waals surface area contributed by atoms with Gasteiger partial charge in [-0.25, -0.2) is 0 Å². The smallest absolute Gasteiger partial charge is 0.366 e. The first-order chi connectivity index (χ1) is 9.16. The fourth-order valence-electron chi connectivity index (χ4n) is 1.87. The Kier molecular flexibility index (Phi) is 4.06. The summed E-state index contributed by atoms with van der Waals surface area (Å²) in [6, 6.07) is 0. The fraction of sp³-hybridized carbons (Fsp3) is 0.833. The normalized spacial score (nSPS) is 22.2. The van der Waals surface area contributed by atoms with Gasteiger partial charge in [0.05, 0.1) is 13.2 Å². The molecule has 114 valence electrons. The molecule has 1 saturated heterocycles. The van der Waals surface area contributed by atoms with Gasteiger partial charge in [0.1, 0.15) is 0 Å². The molecule has 1 atom stereocenters. The van der Waals surface area contributed by atoms with Crippen molar-refractivity contribution in [1.82, 2.24) is 15.0 Å². The molecule has 0 radical (unpaired) electrons. The molecule has 1 aliphatic rings. The maximum Gasteiger partial charge on any atom is 0.415 e. The quantitative estimate of drug-likeness (QED) is 0.836. The molecule has 0 spiro atoms. The first kappa shape index (κ1) is 15.2. The van der Waals surface area contributed by atoms with Crippen molar-refractivity contribution in [3.05, 3.63) is 11.7 Å². The Labute approximate surface area is 115 Å². The van der Waals surface area contributed by atoms with E-state index in [-0.39, 0.29) is 25.1 Å². The molecule has 1 unspecified atom stereocenters. The lowest BCUT2D eigenvalue weighted by Gasteiger charge is -2.32. The van der Waals surface area contributed by atoms with Crippen molar-refractivity contribution in [3.63, 3.8) is 0 Å². The summed E-state index contributed by atoms with van der Waals surface area (Å²) in [5, 5.41) is 3.81. The summed E-state index contributed by atoms with van der Waals surface area (Å²) >= 11 is 0. The summed E-state index contributed by atoms with van der Waals surface area (Å²) in [4.78, 5) is 5.85. The predicted molar refractivity (Wildman–Crippen MR) is 64.1 cm³/mol. The molecule has 0 N–H and O–H groups in total. The molecule has 0 bridgehead atoms. The third-order valence-corrected chi connectivity index (χ3v) is 2.99. The zero-order valence-electron chi connectivity index (χ0n) is 11.7. The van der Waals surface area contributed by atoms with Crippen LogP contribution in [0.1, 0.15) is 32.5 Å². The standard InChI is InChI=1S/C12H18F3N3O2/c1-11(2,3)10-16-9(17-20-10)7-18-4-5-19-8(6-18)12(13,14)15/h8H,4-7H2,1-3H3. The molecule has 1 aromatic heterocycles. The van der Waals surface area contributed by atoms with E-state index >= 15 is 0 Å². The van der Waals surface area contributed by atoms with E-state index in [0.29, 0.717) is 18.3 Å². The van der Waals surface area contributed by atoms with E-state index in [9.17, 15) is 13.2 Å². The molecule has 20 heavy (non-hydrogen) atoms. The van der Waals surface area contributed by atoms with Gasteiger partial charge in [-0.1, -0.05) is 25.9 Å². The van der Waals surface area contributed by atoms with Gasteiger partial charge >= 0.3 is 6.18 Å². The van der Waals surface area contributed by atoms with Crippen LogP contribution in [0.2, 0.25) is 0 Å². The zero-order chi connectivity index (χ0) is 15.0. The maximum atomic E-state index is 12.6. The number of morpholine rings is 1. The van der Waals surface area contributed by atoms with Crippen LogP contribution < -0.4 is 0 Å². The Morgan fingerprint density at radius 2 is 2.00 bits per heavy atom. The Bertz CT molecular complexity index is 454. The second kappa shape index (κ2) is 5.33. The first-order valence-electron chi connectivity index (χ1n) is 6.40. The van der Waals surface area contributed by atoms with Crippen molar-refractivity contribution >= 4 is 0 Å². The van der Waals surface area contributed by atoms with Crippen molar-refractivity contribution in [3.8, 4) is 0 Å². The van der Waals surface area contributed by atoms with Gasteiger partial charge in [-0.3, -0.25) is 4.90 Å². The van der Waals surface area contributed by atoms with Crippen LogP contribution in [0.4, 0.5) is 13.2 Å². The van der Waals surface area contributed by atoms with Gasteiger partial charge in [0, 0.05) is 18.5 Å². The number of nitrogens with zero attached hydrogens (tertiary/aromatic N) is 3. The van der Waals surface area contributed by atoms with Gasteiger partial charge in [-0.15, -0.1) is 0 Å². The molecular formula is C12H18F3N3O2. The van der Waals surface area contributed by atoms with Crippen LogP contribution in [0.3, 0.4) is 0 Å². The van der Waals surface area contributed by atoms with E-state index in [1.807, 2.05) is 20.8 Å². The highest BCUT2D eigenvalue weighted by Crippen LogP contribution is 2.26. The predicted octanol–water partition coefficient (Wildman–Crippen LogP) is 2.13. The van der Waals surface area contributed by atoms with Crippen LogP contribution >= 0.6 is 0 Å². The van der Waals surface area contributed by atoms with E-state index in [4.69, 9.17) is 9.26 Å². The third kappa shape index (κ3) is 3.69. The van der Waals surface area contributed by atoms with E-state index in [1.54, 1.807) is 4.90 Å². The van der Waals surface area contributed by atoms with Gasteiger partial charge in [0.25, 0.3) is 0 Å². The summed E-state index contributed by atoms with van der Waals surface area (Å²) in [5.41, 5.74) is -0.273. The molecule has 0 amide bonds. The average Bonchev–Trinajstić information content (AvgIpc) is 2.76. The van der Waals surface area contributed by atoms with Gasteiger partial charge < -0.3 is 9.26 Å². The summed E-state index contributed by atoms with van der Waals surface area (Å²) in [6.07, 6.45) is -6.09. The largest absolute Gasteiger partial charge is 0.415 e. The minimum Gasteiger partial charge on any atom is -0.366 e. The van der Waals surface area contributed by atoms with Crippen LogP contribution in [-0.4, -0.2) is 47.0 Å². The topological polar surface area (TPSA) is 51.4 Å². The second-order valence-electron chi connectivity index (χ2n) is 5.90. The zero-order valence-corrected chi connectivity index (χ0v) is 11.7. The van der Waals surface area contributed by atoms with E-state index < -0.39 is 12.3 Å². The fourth-order valence-corrected chi connectivity index (χ4v) is 1.87. The molecule has 2 rings (SSSR count). The molecule has 0 aliphatic carbocycles. The molecule has 1 fully saturated rings. The summed E-state index contributed by atoms with van der Waals surface area (Å²) in [7, 11) is 0. The maximum absolute atomic E-state index is 12.6. The highest BCUT2D eigenvalue weighted by atomic mass is 19.4. The van der Waals surface area contributed by atoms with Crippen LogP contribution in [0, 0.1) is 0 Å². The monoisotopic (exact) mass is 293 g/mol. The molecule has 0 saturated carbocycles. The first-order valence-corrected chi connectivity index (χ1v) is 6.40. The van der Waals surface area contributed by atoms with E-state index in [1.165, 1.54) is 0 Å². The lowest BCUT2D eigenvalue weighted by Crippen LogP contribution is -2.48. The number of halogens is 3. The van der Waals surface area contributed by atoms with Crippen molar-refractivity contribution in [2.24, 2.45) is 0 Å². The molecular weight excluding hydrogens is 275 g/mol. The Hall–Kier alpha value is -1.15. The number of alkyl halides is 3. The summed E-state index contributed by atoms with van der Waals surface area (Å²) in [6.45, 7) is 6.29. The molecule has 1 aliphatic heterocycles. The number of hydrogen-bond acceptors (Lipinski definition) is 5. The van der Waals surface area contributed by atoms with E-state index in [2.05, 4.69) is 10.1 Å². The SMILES string of the molecule is CC(C)(C)c1nc(CN2CCOC(C(F)(F)F)C2)no1. The minimum absolute atomic E-state index is 0.0498. The van der Waals surface area contributed by atoms with Crippen LogP contribution in [0.25, 0.3) is 0 Å². The molecule has 1 aromatic rings. The number of aromatic nitrogens is 2. The van der Waals surface area contributed by atoms with Crippen LogP contribution in [0.5, 0.6) is 0 Å². The van der Waals surface area contributed by atoms with Crippen LogP contribution in [-0.2, 0) is 16.7 Å². The van der Waals surface area contributed by atoms with Gasteiger partial charge in [-0.05, 0) is 0 Å². The number of hydrogen-bond donors (Lipinski definition) is 0. The lowest BCUT2D eigenvalue weighted by atomic mass is 9.97. The van der Waals surface area contributed by atoms with Gasteiger partial charge in [-0.2, -0.15) is 18.2 Å². The summed E-state index contributed by atoms with van der Waals surface area (Å²) < 4.78 is 47.7. The number of ether oxygens (including phenoxy) is 1. The minimum atomic E-state index is -4.34. The molecule has 8 heteroatoms. The van der Waals surface area contributed by atoms with Gasteiger partial charge in [0.15, 0.2) is 11.9 Å². The molecule has 5 nitrogen and oxygen atoms in total. The Morgan fingerprint density at radius 1 is 1.30 bits per heavy atom. The van der Waals surface area contributed by atoms with Crippen molar-refractivity contribution in [1.29, 1.82) is 0 Å². The van der Waals surface area contributed by atoms with Crippen molar-refractivity contribution < 1.29 is 22.4 Å². The summed E-state index contributed by atoms with van der Waals surface area (Å²) in [5.74, 6) is 0.880. The molecule has 2 heterocycles. The second-order valence-corrected chi connectivity index (χ2v) is 5.90. The highest BCUT2D eigenvalue weighted by molar-refractivity contribution is 4.98. The Balaban J connectivity index is 1.98. The van der Waals surface area contributed by atoms with Gasteiger partial charge in [0.2, 0.25) is 5.89 Å². The third-order valence-electron chi connectivity index (χ3n) is 2.99. The highest BCUT2D eigenvalue weighted by Gasteiger charge is 2.43. The van der Waals surface area contributed by atoms with Crippen molar-refractivity contribution in [2.45, 2.75) is 45.0 Å². The van der Waals surface area contributed by atoms with Crippen molar-refractivity contribution in [2.75, 3.05) is 19.7 Å². The Morgan fingerprint density at radius 3 is 2.55 bits per heavy atom.